The molecule has 1 aliphatic rings. The fourth-order valence-electron chi connectivity index (χ4n) is 1.67. The van der Waals surface area contributed by atoms with E-state index < -0.39 is 0 Å². The van der Waals surface area contributed by atoms with Crippen molar-refractivity contribution in [3.63, 3.8) is 0 Å². The minimum atomic E-state index is 0.524. The third-order valence-electron chi connectivity index (χ3n) is 2.38. The third kappa shape index (κ3) is 2.31. The van der Waals surface area contributed by atoms with Gasteiger partial charge in [-0.2, -0.15) is 0 Å². The Labute approximate surface area is 84.3 Å². The summed E-state index contributed by atoms with van der Waals surface area (Å²) in [6, 6.07) is 0.524. The predicted molar refractivity (Wildman–Crippen MR) is 57.2 cm³/mol. The lowest BCUT2D eigenvalue weighted by molar-refractivity contribution is 0.641. The van der Waals surface area contributed by atoms with Gasteiger partial charge in [0.05, 0.1) is 11.9 Å². The van der Waals surface area contributed by atoms with Gasteiger partial charge in [0.15, 0.2) is 0 Å². The lowest BCUT2D eigenvalue weighted by Gasteiger charge is -2.19. The number of aromatic nitrogens is 2. The highest BCUT2D eigenvalue weighted by atomic mass is 15.0. The molecule has 0 amide bonds. The quantitative estimate of drug-likeness (QED) is 0.725. The van der Waals surface area contributed by atoms with Crippen LogP contribution in [0.2, 0.25) is 0 Å². The molecular weight excluding hydrogens is 174 g/mol. The normalized spacial score (nSPS) is 20.8. The molecule has 0 bridgehead atoms. The number of allylic oxidation sites excluding steroid dienone is 1. The fraction of sp³-hybridized carbons (Fsp3) is 0.455. The predicted octanol–water partition coefficient (Wildman–Crippen LogP) is 2.31. The van der Waals surface area contributed by atoms with E-state index in [9.17, 15) is 0 Å². The second-order valence-corrected chi connectivity index (χ2v) is 3.67. The van der Waals surface area contributed by atoms with Crippen LogP contribution in [0.25, 0.3) is 0 Å². The molecule has 1 heterocycles. The summed E-state index contributed by atoms with van der Waals surface area (Å²) in [4.78, 5) is 8.48. The number of hydrogen-bond acceptors (Lipinski definition) is 3. The van der Waals surface area contributed by atoms with Crippen LogP contribution in [0.5, 0.6) is 0 Å². The summed E-state index contributed by atoms with van der Waals surface area (Å²) in [5.74, 6) is 0.894. The molecule has 0 fully saturated rings. The van der Waals surface area contributed by atoms with Crippen LogP contribution in [0, 0.1) is 6.92 Å². The second kappa shape index (κ2) is 4.22. The van der Waals surface area contributed by atoms with Gasteiger partial charge in [-0.15, -0.1) is 0 Å². The third-order valence-corrected chi connectivity index (χ3v) is 2.38. The Morgan fingerprint density at radius 1 is 1.36 bits per heavy atom. The zero-order valence-corrected chi connectivity index (χ0v) is 8.40. The molecule has 0 saturated carbocycles. The molecule has 0 radical (unpaired) electrons. The number of rotatable bonds is 2. The molecule has 14 heavy (non-hydrogen) atoms. The van der Waals surface area contributed by atoms with Gasteiger partial charge in [-0.1, -0.05) is 12.2 Å². The Morgan fingerprint density at radius 2 is 2.29 bits per heavy atom. The molecule has 3 nitrogen and oxygen atoms in total. The van der Waals surface area contributed by atoms with E-state index in [0.29, 0.717) is 6.04 Å². The van der Waals surface area contributed by atoms with Gasteiger partial charge < -0.3 is 5.32 Å². The van der Waals surface area contributed by atoms with Crippen molar-refractivity contribution >= 4 is 5.82 Å². The van der Waals surface area contributed by atoms with E-state index >= 15 is 0 Å². The van der Waals surface area contributed by atoms with E-state index in [-0.39, 0.29) is 0 Å². The first-order chi connectivity index (χ1) is 6.84. The molecule has 0 saturated heterocycles. The summed E-state index contributed by atoms with van der Waals surface area (Å²) < 4.78 is 0. The molecule has 0 aliphatic heterocycles. The van der Waals surface area contributed by atoms with E-state index in [1.807, 2.05) is 6.92 Å². The van der Waals surface area contributed by atoms with Crippen molar-refractivity contribution in [2.24, 2.45) is 0 Å². The van der Waals surface area contributed by atoms with Crippen LogP contribution in [-0.4, -0.2) is 16.0 Å². The summed E-state index contributed by atoms with van der Waals surface area (Å²) in [6.07, 6.45) is 11.5. The Kier molecular flexibility index (Phi) is 2.77. The molecule has 1 N–H and O–H groups in total. The monoisotopic (exact) mass is 189 g/mol. The van der Waals surface area contributed by atoms with E-state index in [1.165, 1.54) is 6.42 Å². The molecule has 0 aromatic carbocycles. The fourth-order valence-corrected chi connectivity index (χ4v) is 1.67. The summed E-state index contributed by atoms with van der Waals surface area (Å²) in [6.45, 7) is 1.96. The average molecular weight is 189 g/mol. The van der Waals surface area contributed by atoms with Crippen LogP contribution in [0.3, 0.4) is 0 Å². The van der Waals surface area contributed by atoms with E-state index in [4.69, 9.17) is 0 Å². The Hall–Kier alpha value is -1.38. The van der Waals surface area contributed by atoms with Gasteiger partial charge in [0, 0.05) is 12.2 Å². The maximum absolute atomic E-state index is 4.37. The summed E-state index contributed by atoms with van der Waals surface area (Å²) >= 11 is 0. The van der Waals surface area contributed by atoms with Gasteiger partial charge in [-0.3, -0.25) is 4.98 Å². The SMILES string of the molecule is Cc1cncc(NC2CC=CCC2)n1. The van der Waals surface area contributed by atoms with Gasteiger partial charge in [-0.25, -0.2) is 4.98 Å². The van der Waals surface area contributed by atoms with E-state index in [0.717, 1.165) is 24.4 Å². The van der Waals surface area contributed by atoms with Crippen LogP contribution in [0.1, 0.15) is 25.0 Å². The first kappa shape index (κ1) is 9.19. The van der Waals surface area contributed by atoms with Crippen LogP contribution in [0.15, 0.2) is 24.5 Å². The van der Waals surface area contributed by atoms with Gasteiger partial charge >= 0.3 is 0 Å². The lowest BCUT2D eigenvalue weighted by atomic mass is 10.0. The molecule has 0 spiro atoms. The second-order valence-electron chi connectivity index (χ2n) is 3.67. The first-order valence-electron chi connectivity index (χ1n) is 5.05. The smallest absolute Gasteiger partial charge is 0.145 e. The largest absolute Gasteiger partial charge is 0.366 e. The zero-order valence-electron chi connectivity index (χ0n) is 8.40. The number of aryl methyl sites for hydroxylation is 1. The van der Waals surface area contributed by atoms with Crippen LogP contribution in [-0.2, 0) is 0 Å². The Morgan fingerprint density at radius 3 is 3.00 bits per heavy atom. The number of nitrogens with zero attached hydrogens (tertiary/aromatic N) is 2. The minimum Gasteiger partial charge on any atom is -0.366 e. The Bertz CT molecular complexity index is 333. The minimum absolute atomic E-state index is 0.524. The highest BCUT2D eigenvalue weighted by Crippen LogP contribution is 2.15. The first-order valence-corrected chi connectivity index (χ1v) is 5.05. The average Bonchev–Trinajstić information content (AvgIpc) is 2.19. The summed E-state index contributed by atoms with van der Waals surface area (Å²) in [7, 11) is 0. The van der Waals surface area contributed by atoms with Crippen molar-refractivity contribution in [3.8, 4) is 0 Å². The summed E-state index contributed by atoms with van der Waals surface area (Å²) in [5.41, 5.74) is 0.960. The molecule has 1 aromatic heterocycles. The molecule has 2 rings (SSSR count). The van der Waals surface area contributed by atoms with E-state index in [2.05, 4.69) is 27.4 Å². The lowest BCUT2D eigenvalue weighted by Crippen LogP contribution is -2.21. The molecule has 3 heteroatoms. The molecule has 1 aromatic rings. The number of nitrogens with one attached hydrogen (secondary N) is 1. The van der Waals surface area contributed by atoms with Gasteiger partial charge in [-0.05, 0) is 26.2 Å². The standard InChI is InChI=1S/C11H15N3/c1-9-7-12-8-11(13-9)14-10-5-3-2-4-6-10/h2-3,7-8,10H,4-6H2,1H3,(H,13,14). The maximum atomic E-state index is 4.37. The topological polar surface area (TPSA) is 37.8 Å². The molecule has 1 atom stereocenters. The van der Waals surface area contributed by atoms with Gasteiger partial charge in [0.2, 0.25) is 0 Å². The van der Waals surface area contributed by atoms with Crippen molar-refractivity contribution in [3.05, 3.63) is 30.2 Å². The van der Waals surface area contributed by atoms with Crippen molar-refractivity contribution < 1.29 is 0 Å². The summed E-state index contributed by atoms with van der Waals surface area (Å²) in [5, 5.41) is 3.40. The molecular formula is C11H15N3. The number of anilines is 1. The van der Waals surface area contributed by atoms with Crippen molar-refractivity contribution in [2.75, 3.05) is 5.32 Å². The van der Waals surface area contributed by atoms with Crippen molar-refractivity contribution in [2.45, 2.75) is 32.2 Å². The molecule has 74 valence electrons. The molecule has 1 unspecified atom stereocenters. The van der Waals surface area contributed by atoms with Crippen LogP contribution >= 0.6 is 0 Å². The number of hydrogen-bond donors (Lipinski definition) is 1. The van der Waals surface area contributed by atoms with Crippen molar-refractivity contribution in [1.29, 1.82) is 0 Å². The van der Waals surface area contributed by atoms with Gasteiger partial charge in [0.25, 0.3) is 0 Å². The van der Waals surface area contributed by atoms with Crippen LogP contribution < -0.4 is 5.32 Å². The van der Waals surface area contributed by atoms with Crippen LogP contribution in [0.4, 0.5) is 5.82 Å². The maximum Gasteiger partial charge on any atom is 0.145 e. The highest BCUT2D eigenvalue weighted by Gasteiger charge is 2.09. The highest BCUT2D eigenvalue weighted by molar-refractivity contribution is 5.33. The van der Waals surface area contributed by atoms with Crippen molar-refractivity contribution in [1.82, 2.24) is 9.97 Å². The van der Waals surface area contributed by atoms with Gasteiger partial charge in [0.1, 0.15) is 5.82 Å². The zero-order chi connectivity index (χ0) is 9.80. The Balaban J connectivity index is 1.99. The van der Waals surface area contributed by atoms with E-state index in [1.54, 1.807) is 12.4 Å². The molecule has 1 aliphatic carbocycles.